The molecule has 5 heteroatoms. The van der Waals surface area contributed by atoms with E-state index in [9.17, 15) is 4.79 Å². The van der Waals surface area contributed by atoms with E-state index < -0.39 is 0 Å². The number of hydrogen-bond acceptors (Lipinski definition) is 4. The minimum atomic E-state index is -0.174. The van der Waals surface area contributed by atoms with Gasteiger partial charge in [0.2, 0.25) is 0 Å². The number of amides is 1. The van der Waals surface area contributed by atoms with Gasteiger partial charge in [0.15, 0.2) is 0 Å². The van der Waals surface area contributed by atoms with Crippen LogP contribution in [0.1, 0.15) is 41.6 Å². The SMILES string of the molecule is COc1ccccc1C(=O)N(C)C1CCC2(CC1)CN(C)Cc1ccccc1O2. The van der Waals surface area contributed by atoms with Gasteiger partial charge < -0.3 is 14.4 Å². The molecular formula is C24H30N2O3. The van der Waals surface area contributed by atoms with Crippen LogP contribution in [-0.2, 0) is 6.54 Å². The first kappa shape index (κ1) is 19.8. The molecule has 0 radical (unpaired) electrons. The van der Waals surface area contributed by atoms with Crippen LogP contribution in [0.2, 0.25) is 0 Å². The van der Waals surface area contributed by atoms with Crippen molar-refractivity contribution < 1.29 is 14.3 Å². The van der Waals surface area contributed by atoms with Crippen molar-refractivity contribution in [2.75, 3.05) is 27.7 Å². The van der Waals surface area contributed by atoms with Crippen molar-refractivity contribution in [3.05, 3.63) is 59.7 Å². The highest BCUT2D eigenvalue weighted by Crippen LogP contribution is 2.39. The molecule has 1 fully saturated rings. The van der Waals surface area contributed by atoms with E-state index in [1.54, 1.807) is 7.11 Å². The number of hydrogen-bond donors (Lipinski definition) is 0. The van der Waals surface area contributed by atoms with Gasteiger partial charge in [-0.2, -0.15) is 0 Å². The van der Waals surface area contributed by atoms with Crippen LogP contribution in [0.4, 0.5) is 0 Å². The third kappa shape index (κ3) is 3.97. The van der Waals surface area contributed by atoms with E-state index in [2.05, 4.69) is 30.1 Å². The summed E-state index contributed by atoms with van der Waals surface area (Å²) in [5.41, 5.74) is 1.70. The molecule has 2 aliphatic rings. The highest BCUT2D eigenvalue weighted by Gasteiger charge is 2.41. The first-order chi connectivity index (χ1) is 14.0. The second-order valence-corrected chi connectivity index (χ2v) is 8.41. The van der Waals surface area contributed by atoms with Crippen LogP contribution in [-0.4, -0.2) is 55.1 Å². The van der Waals surface area contributed by atoms with Gasteiger partial charge in [-0.15, -0.1) is 0 Å². The zero-order chi connectivity index (χ0) is 20.4. The second kappa shape index (κ2) is 8.07. The number of carbonyl (C=O) groups excluding carboxylic acids is 1. The van der Waals surface area contributed by atoms with E-state index in [4.69, 9.17) is 9.47 Å². The van der Waals surface area contributed by atoms with Crippen molar-refractivity contribution in [1.82, 2.24) is 9.80 Å². The highest BCUT2D eigenvalue weighted by molar-refractivity contribution is 5.97. The molecule has 154 valence electrons. The van der Waals surface area contributed by atoms with Crippen LogP contribution in [0.25, 0.3) is 0 Å². The van der Waals surface area contributed by atoms with E-state index >= 15 is 0 Å². The van der Waals surface area contributed by atoms with Crippen LogP contribution in [0.15, 0.2) is 48.5 Å². The van der Waals surface area contributed by atoms with Gasteiger partial charge >= 0.3 is 0 Å². The van der Waals surface area contributed by atoms with Gasteiger partial charge in [-0.1, -0.05) is 30.3 Å². The average molecular weight is 395 g/mol. The largest absolute Gasteiger partial charge is 0.496 e. The number of ether oxygens (including phenoxy) is 2. The highest BCUT2D eigenvalue weighted by atomic mass is 16.5. The van der Waals surface area contributed by atoms with Gasteiger partial charge in [0.1, 0.15) is 17.1 Å². The monoisotopic (exact) mass is 394 g/mol. The Bertz CT molecular complexity index is 874. The summed E-state index contributed by atoms with van der Waals surface area (Å²) in [5, 5.41) is 0. The Balaban J connectivity index is 1.47. The molecule has 1 spiro atoms. The Morgan fingerprint density at radius 2 is 1.83 bits per heavy atom. The second-order valence-electron chi connectivity index (χ2n) is 8.41. The fourth-order valence-corrected chi connectivity index (χ4v) is 4.79. The zero-order valence-corrected chi connectivity index (χ0v) is 17.6. The Hall–Kier alpha value is -2.53. The zero-order valence-electron chi connectivity index (χ0n) is 17.6. The Morgan fingerprint density at radius 1 is 1.14 bits per heavy atom. The molecule has 29 heavy (non-hydrogen) atoms. The van der Waals surface area contributed by atoms with Crippen molar-refractivity contribution >= 4 is 5.91 Å². The van der Waals surface area contributed by atoms with Gasteiger partial charge in [-0.05, 0) is 50.9 Å². The standard InChI is InChI=1S/C24H30N2O3/c1-25-16-18-8-4-6-10-21(18)29-24(17-25)14-12-19(13-15-24)26(2)23(27)20-9-5-7-11-22(20)28-3/h4-11,19H,12-17H2,1-3H3. The average Bonchev–Trinajstić information content (AvgIpc) is 2.88. The molecule has 2 aromatic carbocycles. The molecule has 0 unspecified atom stereocenters. The molecule has 0 atom stereocenters. The number of benzene rings is 2. The molecule has 1 aliphatic heterocycles. The van der Waals surface area contributed by atoms with Crippen LogP contribution >= 0.6 is 0 Å². The van der Waals surface area contributed by atoms with E-state index in [-0.39, 0.29) is 17.6 Å². The predicted molar refractivity (Wildman–Crippen MR) is 113 cm³/mol. The normalized spacial score (nSPS) is 24.3. The molecule has 5 nitrogen and oxygen atoms in total. The number of likely N-dealkylation sites (N-methyl/N-ethyl adjacent to an activating group) is 1. The van der Waals surface area contributed by atoms with Gasteiger partial charge in [0.25, 0.3) is 5.91 Å². The molecule has 1 saturated carbocycles. The van der Waals surface area contributed by atoms with Crippen LogP contribution in [0.3, 0.4) is 0 Å². The van der Waals surface area contributed by atoms with Crippen LogP contribution in [0, 0.1) is 0 Å². The van der Waals surface area contributed by atoms with E-state index in [1.807, 2.05) is 42.3 Å². The van der Waals surface area contributed by atoms with E-state index in [0.717, 1.165) is 44.5 Å². The maximum Gasteiger partial charge on any atom is 0.257 e. The lowest BCUT2D eigenvalue weighted by atomic mass is 9.81. The quantitative estimate of drug-likeness (QED) is 0.790. The summed E-state index contributed by atoms with van der Waals surface area (Å²) in [4.78, 5) is 17.3. The maximum absolute atomic E-state index is 13.1. The molecular weight excluding hydrogens is 364 g/mol. The molecule has 1 heterocycles. The topological polar surface area (TPSA) is 42.0 Å². The number of para-hydroxylation sites is 2. The van der Waals surface area contributed by atoms with Crippen LogP contribution < -0.4 is 9.47 Å². The van der Waals surface area contributed by atoms with E-state index in [0.29, 0.717) is 11.3 Å². The van der Waals surface area contributed by atoms with Gasteiger partial charge in [-0.3, -0.25) is 9.69 Å². The summed E-state index contributed by atoms with van der Waals surface area (Å²) in [6.45, 7) is 1.83. The van der Waals surface area contributed by atoms with Crippen molar-refractivity contribution in [1.29, 1.82) is 0 Å². The van der Waals surface area contributed by atoms with Crippen LogP contribution in [0.5, 0.6) is 11.5 Å². The number of carbonyl (C=O) groups is 1. The van der Waals surface area contributed by atoms with Crippen molar-refractivity contribution in [2.24, 2.45) is 0 Å². The lowest BCUT2D eigenvalue weighted by Gasteiger charge is -2.43. The Labute approximate surface area is 173 Å². The number of rotatable bonds is 3. The summed E-state index contributed by atoms with van der Waals surface area (Å²) < 4.78 is 12.0. The predicted octanol–water partition coefficient (Wildman–Crippen LogP) is 3.97. The Kier molecular flexibility index (Phi) is 5.50. The minimum Gasteiger partial charge on any atom is -0.496 e. The lowest BCUT2D eigenvalue weighted by Crippen LogP contribution is -2.51. The van der Waals surface area contributed by atoms with Gasteiger partial charge in [-0.25, -0.2) is 0 Å². The fraction of sp³-hybridized carbons (Fsp3) is 0.458. The van der Waals surface area contributed by atoms with Gasteiger partial charge in [0.05, 0.1) is 12.7 Å². The van der Waals surface area contributed by atoms with E-state index in [1.165, 1.54) is 5.56 Å². The van der Waals surface area contributed by atoms with Gasteiger partial charge in [0, 0.05) is 31.7 Å². The fourth-order valence-electron chi connectivity index (χ4n) is 4.79. The summed E-state index contributed by atoms with van der Waals surface area (Å²) in [7, 11) is 5.68. The number of nitrogens with zero attached hydrogens (tertiary/aromatic N) is 2. The number of methoxy groups -OCH3 is 1. The molecule has 0 N–H and O–H groups in total. The molecule has 1 amide bonds. The first-order valence-electron chi connectivity index (χ1n) is 10.4. The first-order valence-corrected chi connectivity index (χ1v) is 10.4. The Morgan fingerprint density at radius 3 is 2.59 bits per heavy atom. The molecule has 1 aliphatic carbocycles. The minimum absolute atomic E-state index is 0.0210. The molecule has 0 saturated heterocycles. The van der Waals surface area contributed by atoms with Crippen molar-refractivity contribution in [3.63, 3.8) is 0 Å². The smallest absolute Gasteiger partial charge is 0.257 e. The maximum atomic E-state index is 13.1. The summed E-state index contributed by atoms with van der Waals surface area (Å²) in [6.07, 6.45) is 3.76. The van der Waals surface area contributed by atoms with Crippen molar-refractivity contribution in [2.45, 2.75) is 43.9 Å². The number of fused-ring (bicyclic) bond motifs is 1. The summed E-state index contributed by atoms with van der Waals surface area (Å²) in [6, 6.07) is 16.0. The van der Waals surface area contributed by atoms with Crippen molar-refractivity contribution in [3.8, 4) is 11.5 Å². The lowest BCUT2D eigenvalue weighted by molar-refractivity contribution is -0.00846. The molecule has 2 aromatic rings. The molecule has 0 bridgehead atoms. The molecule has 0 aromatic heterocycles. The summed E-state index contributed by atoms with van der Waals surface area (Å²) in [5.74, 6) is 1.66. The third-order valence-corrected chi connectivity index (χ3v) is 6.37. The summed E-state index contributed by atoms with van der Waals surface area (Å²) >= 11 is 0. The molecule has 4 rings (SSSR count). The third-order valence-electron chi connectivity index (χ3n) is 6.37.